The Morgan fingerprint density at radius 3 is 2.20 bits per heavy atom. The lowest BCUT2D eigenvalue weighted by Crippen LogP contribution is -2.30. The van der Waals surface area contributed by atoms with Crippen molar-refractivity contribution in [1.82, 2.24) is 9.62 Å². The number of ether oxygens (including phenoxy) is 2. The third-order valence-electron chi connectivity index (χ3n) is 4.13. The molecule has 25 heavy (non-hydrogen) atoms. The van der Waals surface area contributed by atoms with Crippen LogP contribution in [0.1, 0.15) is 27.1 Å². The molecule has 1 aromatic rings. The van der Waals surface area contributed by atoms with E-state index < -0.39 is 22.0 Å². The molecule has 0 aromatic heterocycles. The fraction of sp³-hybridized carbons (Fsp3) is 0.500. The number of benzene rings is 1. The summed E-state index contributed by atoms with van der Waals surface area (Å²) >= 11 is 0. The molecule has 1 unspecified atom stereocenters. The first-order chi connectivity index (χ1) is 11.8. The molecule has 0 saturated carbocycles. The van der Waals surface area contributed by atoms with Crippen molar-refractivity contribution < 1.29 is 27.5 Å². The summed E-state index contributed by atoms with van der Waals surface area (Å²) in [6.45, 7) is 1.51. The van der Waals surface area contributed by atoms with Crippen LogP contribution in [0.15, 0.2) is 23.1 Å². The molecule has 2 rings (SSSR count). The molecule has 8 nitrogen and oxygen atoms in total. The maximum atomic E-state index is 12.9. The van der Waals surface area contributed by atoms with Gasteiger partial charge in [0.05, 0.1) is 30.2 Å². The van der Waals surface area contributed by atoms with Crippen molar-refractivity contribution in [3.8, 4) is 0 Å². The number of methoxy groups -OCH3 is 2. The van der Waals surface area contributed by atoms with Crippen molar-refractivity contribution in [3.05, 3.63) is 29.3 Å². The quantitative estimate of drug-likeness (QED) is 0.727. The monoisotopic (exact) mass is 370 g/mol. The van der Waals surface area contributed by atoms with Gasteiger partial charge in [0, 0.05) is 13.1 Å². The first-order valence-corrected chi connectivity index (χ1v) is 9.24. The molecule has 1 aliphatic heterocycles. The minimum Gasteiger partial charge on any atom is -0.465 e. The van der Waals surface area contributed by atoms with Gasteiger partial charge in [0.2, 0.25) is 10.0 Å². The largest absolute Gasteiger partial charge is 0.465 e. The van der Waals surface area contributed by atoms with Gasteiger partial charge in [0.25, 0.3) is 0 Å². The normalized spacial score (nSPS) is 18.1. The van der Waals surface area contributed by atoms with Crippen molar-refractivity contribution in [2.75, 3.05) is 40.9 Å². The summed E-state index contributed by atoms with van der Waals surface area (Å²) in [6.07, 6.45) is 0.751. The van der Waals surface area contributed by atoms with E-state index in [9.17, 15) is 18.0 Å². The van der Waals surface area contributed by atoms with E-state index in [1.54, 1.807) is 0 Å². The van der Waals surface area contributed by atoms with E-state index in [1.807, 2.05) is 7.05 Å². The molecule has 1 atom stereocenters. The average Bonchev–Trinajstić information content (AvgIpc) is 3.09. The van der Waals surface area contributed by atoms with E-state index in [0.29, 0.717) is 13.1 Å². The van der Waals surface area contributed by atoms with Crippen LogP contribution in [0.2, 0.25) is 0 Å². The highest BCUT2D eigenvalue weighted by atomic mass is 32.2. The number of rotatable bonds is 6. The van der Waals surface area contributed by atoms with Crippen molar-refractivity contribution in [2.45, 2.75) is 11.3 Å². The molecule has 0 spiro atoms. The van der Waals surface area contributed by atoms with E-state index in [-0.39, 0.29) is 21.9 Å². The van der Waals surface area contributed by atoms with Crippen LogP contribution in [0.3, 0.4) is 0 Å². The van der Waals surface area contributed by atoms with Crippen LogP contribution < -0.4 is 5.32 Å². The van der Waals surface area contributed by atoms with Gasteiger partial charge in [-0.25, -0.2) is 18.0 Å². The Labute approximate surface area is 147 Å². The molecule has 9 heteroatoms. The first kappa shape index (κ1) is 19.4. The maximum Gasteiger partial charge on any atom is 0.337 e. The van der Waals surface area contributed by atoms with Crippen molar-refractivity contribution in [1.29, 1.82) is 0 Å². The number of nitrogens with one attached hydrogen (secondary N) is 1. The smallest absolute Gasteiger partial charge is 0.337 e. The Balaban J connectivity index is 2.42. The molecule has 1 heterocycles. The molecule has 1 N–H and O–H groups in total. The Morgan fingerprint density at radius 2 is 1.72 bits per heavy atom. The zero-order valence-corrected chi connectivity index (χ0v) is 15.3. The lowest BCUT2D eigenvalue weighted by atomic mass is 10.1. The fourth-order valence-electron chi connectivity index (χ4n) is 2.84. The number of hydrogen-bond donors (Lipinski definition) is 1. The fourth-order valence-corrected chi connectivity index (χ4v) is 4.44. The van der Waals surface area contributed by atoms with E-state index in [4.69, 9.17) is 0 Å². The predicted molar refractivity (Wildman–Crippen MR) is 89.9 cm³/mol. The highest BCUT2D eigenvalue weighted by Gasteiger charge is 2.33. The topological polar surface area (TPSA) is 102 Å². The molecule has 1 aliphatic rings. The van der Waals surface area contributed by atoms with Crippen LogP contribution in [0.25, 0.3) is 0 Å². The Morgan fingerprint density at radius 1 is 1.16 bits per heavy atom. The van der Waals surface area contributed by atoms with E-state index in [1.165, 1.54) is 36.7 Å². The number of esters is 2. The van der Waals surface area contributed by atoms with Gasteiger partial charge >= 0.3 is 11.9 Å². The number of carbonyl (C=O) groups is 2. The average molecular weight is 370 g/mol. The summed E-state index contributed by atoms with van der Waals surface area (Å²) in [5, 5.41) is 3.04. The summed E-state index contributed by atoms with van der Waals surface area (Å²) < 4.78 is 36.5. The van der Waals surface area contributed by atoms with Gasteiger partial charge in [-0.1, -0.05) is 0 Å². The summed E-state index contributed by atoms with van der Waals surface area (Å²) in [7, 11) is 0.360. The third-order valence-corrected chi connectivity index (χ3v) is 5.97. The molecule has 0 amide bonds. The second-order valence-electron chi connectivity index (χ2n) is 5.80. The number of nitrogens with zero attached hydrogens (tertiary/aromatic N) is 1. The molecular weight excluding hydrogens is 348 g/mol. The van der Waals surface area contributed by atoms with Gasteiger partial charge in [-0.2, -0.15) is 4.31 Å². The van der Waals surface area contributed by atoms with E-state index in [2.05, 4.69) is 14.8 Å². The Hall–Kier alpha value is -1.97. The minimum absolute atomic E-state index is 0.0186. The van der Waals surface area contributed by atoms with Gasteiger partial charge in [0.1, 0.15) is 0 Å². The molecule has 0 radical (unpaired) electrons. The van der Waals surface area contributed by atoms with Gasteiger partial charge < -0.3 is 14.8 Å². The highest BCUT2D eigenvalue weighted by molar-refractivity contribution is 7.89. The third kappa shape index (κ3) is 4.17. The maximum absolute atomic E-state index is 12.9. The number of carbonyl (C=O) groups excluding carboxylic acids is 2. The molecule has 1 fully saturated rings. The molecule has 138 valence electrons. The second kappa shape index (κ2) is 7.94. The van der Waals surface area contributed by atoms with E-state index in [0.717, 1.165) is 13.0 Å². The van der Waals surface area contributed by atoms with Crippen LogP contribution >= 0.6 is 0 Å². The van der Waals surface area contributed by atoms with Gasteiger partial charge in [0.15, 0.2) is 0 Å². The van der Waals surface area contributed by atoms with Crippen molar-refractivity contribution in [3.63, 3.8) is 0 Å². The zero-order chi connectivity index (χ0) is 18.6. The van der Waals surface area contributed by atoms with Crippen molar-refractivity contribution >= 4 is 22.0 Å². The second-order valence-corrected chi connectivity index (χ2v) is 7.74. The Bertz CT molecular complexity index is 728. The Kier molecular flexibility index (Phi) is 6.15. The number of sulfonamides is 1. The lowest BCUT2D eigenvalue weighted by Gasteiger charge is -2.17. The van der Waals surface area contributed by atoms with Crippen LogP contribution in [0, 0.1) is 5.92 Å². The first-order valence-electron chi connectivity index (χ1n) is 7.80. The summed E-state index contributed by atoms with van der Waals surface area (Å²) in [4.78, 5) is 23.5. The van der Waals surface area contributed by atoms with Crippen LogP contribution in [0.4, 0.5) is 0 Å². The molecule has 0 aliphatic carbocycles. The zero-order valence-electron chi connectivity index (χ0n) is 14.4. The minimum atomic E-state index is -3.83. The molecule has 0 bridgehead atoms. The van der Waals surface area contributed by atoms with Crippen LogP contribution in [0.5, 0.6) is 0 Å². The number of hydrogen-bond acceptors (Lipinski definition) is 7. The lowest BCUT2D eigenvalue weighted by molar-refractivity contribution is 0.0598. The summed E-state index contributed by atoms with van der Waals surface area (Å²) in [6, 6.07) is 3.70. The van der Waals surface area contributed by atoms with Gasteiger partial charge in [-0.3, -0.25) is 0 Å². The van der Waals surface area contributed by atoms with Crippen LogP contribution in [-0.4, -0.2) is 65.6 Å². The van der Waals surface area contributed by atoms with E-state index >= 15 is 0 Å². The van der Waals surface area contributed by atoms with Crippen molar-refractivity contribution in [2.24, 2.45) is 5.92 Å². The predicted octanol–water partition coefficient (Wildman–Crippen LogP) is 0.490. The highest BCUT2D eigenvalue weighted by Crippen LogP contribution is 2.26. The standard InChI is InChI=1S/C16H22N2O6S/c1-17-9-11-4-5-18(10-11)25(21,22)14-7-12(15(19)23-2)6-13(8-14)16(20)24-3/h6-8,11,17H,4-5,9-10H2,1-3H3. The van der Waals surface area contributed by atoms with Crippen LogP contribution in [-0.2, 0) is 19.5 Å². The van der Waals surface area contributed by atoms with Gasteiger partial charge in [-0.05, 0) is 44.1 Å². The molecular formula is C16H22N2O6S. The molecule has 1 saturated heterocycles. The SMILES string of the molecule is CNCC1CCN(S(=O)(=O)c2cc(C(=O)OC)cc(C(=O)OC)c2)C1. The summed E-state index contributed by atoms with van der Waals surface area (Å²) in [5.41, 5.74) is -0.0371. The summed E-state index contributed by atoms with van der Waals surface area (Å²) in [5.74, 6) is -1.22. The molecule has 1 aromatic carbocycles. The van der Waals surface area contributed by atoms with Gasteiger partial charge in [-0.15, -0.1) is 0 Å².